The van der Waals surface area contributed by atoms with Gasteiger partial charge in [-0.3, -0.25) is 14.3 Å². The zero-order valence-corrected chi connectivity index (χ0v) is 14.4. The number of aryl methyl sites for hydroxylation is 2. The maximum atomic E-state index is 10.6. The molecule has 1 N–H and O–H groups in total. The minimum atomic E-state index is -0.708. The lowest BCUT2D eigenvalue weighted by molar-refractivity contribution is 0.150. The highest BCUT2D eigenvalue weighted by Gasteiger charge is 2.26. The summed E-state index contributed by atoms with van der Waals surface area (Å²) in [4.78, 5) is 2.64. The van der Waals surface area contributed by atoms with Crippen molar-refractivity contribution in [3.05, 3.63) is 35.4 Å². The maximum absolute atomic E-state index is 10.6. The number of fused-ring (bicyclic) bond motifs is 1. The van der Waals surface area contributed by atoms with E-state index in [1.54, 1.807) is 10.9 Å². The van der Waals surface area contributed by atoms with Gasteiger partial charge in [-0.05, 0) is 31.4 Å². The molecule has 6 heteroatoms. The molecule has 24 heavy (non-hydrogen) atoms. The summed E-state index contributed by atoms with van der Waals surface area (Å²) in [6.07, 6.45) is 8.92. The van der Waals surface area contributed by atoms with Crippen molar-refractivity contribution in [2.24, 2.45) is 7.05 Å². The van der Waals surface area contributed by atoms with E-state index in [-0.39, 0.29) is 0 Å². The van der Waals surface area contributed by atoms with E-state index in [4.69, 9.17) is 0 Å². The first kappa shape index (κ1) is 15.8. The first-order valence-corrected chi connectivity index (χ1v) is 9.19. The van der Waals surface area contributed by atoms with E-state index in [2.05, 4.69) is 25.8 Å². The second-order valence-electron chi connectivity index (χ2n) is 7.18. The maximum Gasteiger partial charge on any atom is 0.139 e. The van der Waals surface area contributed by atoms with Gasteiger partial charge in [-0.2, -0.15) is 10.2 Å². The molecule has 130 valence electrons. The van der Waals surface area contributed by atoms with Crippen LogP contribution < -0.4 is 0 Å². The molecule has 2 aromatic rings. The molecule has 0 spiro atoms. The molecule has 6 nitrogen and oxygen atoms in total. The normalized spacial score (nSPS) is 21.4. The Morgan fingerprint density at radius 1 is 1.17 bits per heavy atom. The summed E-state index contributed by atoms with van der Waals surface area (Å²) in [5, 5.41) is 19.5. The van der Waals surface area contributed by atoms with E-state index in [0.29, 0.717) is 0 Å². The van der Waals surface area contributed by atoms with Crippen molar-refractivity contribution in [3.63, 3.8) is 0 Å². The highest BCUT2D eigenvalue weighted by molar-refractivity contribution is 5.21. The van der Waals surface area contributed by atoms with Gasteiger partial charge in [0.15, 0.2) is 0 Å². The Morgan fingerprint density at radius 3 is 2.75 bits per heavy atom. The van der Waals surface area contributed by atoms with Crippen molar-refractivity contribution in [1.82, 2.24) is 24.5 Å². The predicted octanol–water partition coefficient (Wildman–Crippen LogP) is 2.24. The molecule has 0 saturated heterocycles. The molecule has 1 saturated carbocycles. The second kappa shape index (κ2) is 6.69. The van der Waals surface area contributed by atoms with E-state index in [9.17, 15) is 5.11 Å². The zero-order valence-electron chi connectivity index (χ0n) is 14.4. The van der Waals surface area contributed by atoms with Gasteiger partial charge in [0.1, 0.15) is 6.10 Å². The molecule has 1 aliphatic heterocycles. The monoisotopic (exact) mass is 329 g/mol. The van der Waals surface area contributed by atoms with Crippen LogP contribution in [0, 0.1) is 0 Å². The molecule has 1 aliphatic carbocycles. The quantitative estimate of drug-likeness (QED) is 0.938. The SMILES string of the molecule is Cn1nccc1[C@H](O)c1cc2n(n1)CCCN(C1CCCCC1)C2. The molecule has 2 aromatic heterocycles. The third-order valence-electron chi connectivity index (χ3n) is 5.57. The molecular weight excluding hydrogens is 302 g/mol. The summed E-state index contributed by atoms with van der Waals surface area (Å²) in [5.41, 5.74) is 2.75. The molecule has 1 fully saturated rings. The molecule has 1 atom stereocenters. The highest BCUT2D eigenvalue weighted by atomic mass is 16.3. The van der Waals surface area contributed by atoms with Crippen LogP contribution in [0.2, 0.25) is 0 Å². The summed E-state index contributed by atoms with van der Waals surface area (Å²) >= 11 is 0. The molecule has 0 bridgehead atoms. The average Bonchev–Trinajstić information content (AvgIpc) is 3.16. The number of rotatable bonds is 3. The van der Waals surface area contributed by atoms with E-state index in [1.165, 1.54) is 37.8 Å². The molecule has 0 amide bonds. The number of aliphatic hydroxyl groups is 1. The minimum absolute atomic E-state index is 0.708. The van der Waals surface area contributed by atoms with Crippen LogP contribution >= 0.6 is 0 Å². The van der Waals surface area contributed by atoms with Crippen LogP contribution in [0.1, 0.15) is 61.7 Å². The van der Waals surface area contributed by atoms with Crippen molar-refractivity contribution >= 4 is 0 Å². The lowest BCUT2D eigenvalue weighted by atomic mass is 9.94. The van der Waals surface area contributed by atoms with Crippen LogP contribution in [0.15, 0.2) is 18.3 Å². The Kier molecular flexibility index (Phi) is 4.41. The largest absolute Gasteiger partial charge is 0.380 e. The van der Waals surface area contributed by atoms with Crippen LogP contribution in [0.5, 0.6) is 0 Å². The average molecular weight is 329 g/mol. The smallest absolute Gasteiger partial charge is 0.139 e. The van der Waals surface area contributed by atoms with Crippen LogP contribution in [-0.2, 0) is 20.1 Å². The second-order valence-corrected chi connectivity index (χ2v) is 7.18. The van der Waals surface area contributed by atoms with Gasteiger partial charge >= 0.3 is 0 Å². The summed E-state index contributed by atoms with van der Waals surface area (Å²) in [5.74, 6) is 0. The fraction of sp³-hybridized carbons (Fsp3) is 0.667. The molecule has 2 aliphatic rings. The summed E-state index contributed by atoms with van der Waals surface area (Å²) in [6, 6.07) is 4.66. The van der Waals surface area contributed by atoms with Crippen LogP contribution in [0.3, 0.4) is 0 Å². The van der Waals surface area contributed by atoms with Crippen LogP contribution in [0.4, 0.5) is 0 Å². The van der Waals surface area contributed by atoms with Gasteiger partial charge in [-0.1, -0.05) is 19.3 Å². The fourth-order valence-corrected chi connectivity index (χ4v) is 4.20. The van der Waals surface area contributed by atoms with Gasteiger partial charge in [0.05, 0.1) is 17.1 Å². The molecular formula is C18H27N5O. The standard InChI is InChI=1S/C18H27N5O/c1-21-17(8-9-19-21)18(24)16-12-15-13-22(10-5-11-23(15)20-16)14-6-3-2-4-7-14/h8-9,12,14,18,24H,2-7,10-11,13H2,1H3/t18-/m1/s1. The molecule has 0 radical (unpaired) electrons. The van der Waals surface area contributed by atoms with Crippen molar-refractivity contribution in [2.75, 3.05) is 6.54 Å². The van der Waals surface area contributed by atoms with Gasteiger partial charge in [-0.15, -0.1) is 0 Å². The minimum Gasteiger partial charge on any atom is -0.380 e. The molecule has 0 unspecified atom stereocenters. The Morgan fingerprint density at radius 2 is 2.00 bits per heavy atom. The van der Waals surface area contributed by atoms with Gasteiger partial charge in [0.25, 0.3) is 0 Å². The highest BCUT2D eigenvalue weighted by Crippen LogP contribution is 2.27. The van der Waals surface area contributed by atoms with Gasteiger partial charge in [0.2, 0.25) is 0 Å². The van der Waals surface area contributed by atoms with E-state index < -0.39 is 6.10 Å². The Bertz CT molecular complexity index is 685. The van der Waals surface area contributed by atoms with Crippen molar-refractivity contribution in [1.29, 1.82) is 0 Å². The predicted molar refractivity (Wildman–Crippen MR) is 91.4 cm³/mol. The third kappa shape index (κ3) is 3.00. The van der Waals surface area contributed by atoms with E-state index >= 15 is 0 Å². The zero-order chi connectivity index (χ0) is 16.5. The van der Waals surface area contributed by atoms with E-state index in [0.717, 1.165) is 43.5 Å². The first-order valence-electron chi connectivity index (χ1n) is 9.19. The molecule has 3 heterocycles. The van der Waals surface area contributed by atoms with Crippen molar-refractivity contribution in [3.8, 4) is 0 Å². The Labute approximate surface area is 143 Å². The Hall–Kier alpha value is -1.66. The lowest BCUT2D eigenvalue weighted by Gasteiger charge is -2.33. The lowest BCUT2D eigenvalue weighted by Crippen LogP contribution is -2.36. The van der Waals surface area contributed by atoms with Gasteiger partial charge in [-0.25, -0.2) is 0 Å². The van der Waals surface area contributed by atoms with Crippen LogP contribution in [0.25, 0.3) is 0 Å². The van der Waals surface area contributed by atoms with Gasteiger partial charge < -0.3 is 5.11 Å². The van der Waals surface area contributed by atoms with Crippen molar-refractivity contribution < 1.29 is 5.11 Å². The third-order valence-corrected chi connectivity index (χ3v) is 5.57. The Balaban J connectivity index is 1.54. The summed E-state index contributed by atoms with van der Waals surface area (Å²) < 4.78 is 3.81. The number of hydrogen-bond donors (Lipinski definition) is 1. The van der Waals surface area contributed by atoms with E-state index in [1.807, 2.05) is 13.1 Å². The van der Waals surface area contributed by atoms with Crippen molar-refractivity contribution in [2.45, 2.75) is 63.8 Å². The topological polar surface area (TPSA) is 59.1 Å². The van der Waals surface area contributed by atoms with Crippen LogP contribution in [-0.4, -0.2) is 42.2 Å². The van der Waals surface area contributed by atoms with Gasteiger partial charge in [0, 0.05) is 38.9 Å². The first-order chi connectivity index (χ1) is 11.7. The number of hydrogen-bond acceptors (Lipinski definition) is 4. The molecule has 0 aromatic carbocycles. The fourth-order valence-electron chi connectivity index (χ4n) is 4.20. The number of aromatic nitrogens is 4. The summed E-state index contributed by atoms with van der Waals surface area (Å²) in [6.45, 7) is 3.06. The number of aliphatic hydroxyl groups excluding tert-OH is 1. The molecule has 4 rings (SSSR count). The summed E-state index contributed by atoms with van der Waals surface area (Å²) in [7, 11) is 1.85. The number of nitrogens with zero attached hydrogens (tertiary/aromatic N) is 5.